The highest BCUT2D eigenvalue weighted by Gasteiger charge is 2.07. The number of aromatic nitrogens is 1. The minimum atomic E-state index is -0.191. The van der Waals surface area contributed by atoms with E-state index in [9.17, 15) is 4.79 Å². The molecule has 3 nitrogen and oxygen atoms in total. The molecule has 0 spiro atoms. The van der Waals surface area contributed by atoms with Gasteiger partial charge in [-0.15, -0.1) is 11.3 Å². The van der Waals surface area contributed by atoms with Crippen molar-refractivity contribution < 1.29 is 4.79 Å². The molecule has 0 aliphatic heterocycles. The Hall–Kier alpha value is -2.24. The second kappa shape index (κ2) is 8.43. The van der Waals surface area contributed by atoms with Crippen molar-refractivity contribution in [3.05, 3.63) is 75.6 Å². The van der Waals surface area contributed by atoms with Crippen LogP contribution in [0.25, 0.3) is 17.3 Å². The largest absolute Gasteiger partial charge is 0.298 e. The van der Waals surface area contributed by atoms with E-state index in [-0.39, 0.29) is 5.91 Å². The molecule has 1 N–H and O–H groups in total. The van der Waals surface area contributed by atoms with E-state index in [1.165, 1.54) is 23.0 Å². The number of hydrogen-bond acceptors (Lipinski definition) is 3. The van der Waals surface area contributed by atoms with Crippen LogP contribution >= 0.6 is 27.3 Å². The Balaban J connectivity index is 1.64. The summed E-state index contributed by atoms with van der Waals surface area (Å²) in [7, 11) is 0. The average molecular weight is 427 g/mol. The van der Waals surface area contributed by atoms with E-state index in [4.69, 9.17) is 0 Å². The molecule has 3 rings (SSSR count). The second-order valence-corrected chi connectivity index (χ2v) is 7.96. The fourth-order valence-electron chi connectivity index (χ4n) is 2.40. The van der Waals surface area contributed by atoms with Crippen LogP contribution in [0, 0.1) is 0 Å². The lowest BCUT2D eigenvalue weighted by atomic mass is 10.0. The molecule has 3 aromatic rings. The number of nitrogens with zero attached hydrogens (tertiary/aromatic N) is 1. The number of carbonyl (C=O) groups is 1. The number of nitrogens with one attached hydrogen (secondary N) is 1. The first-order valence-corrected chi connectivity index (χ1v) is 9.99. The summed E-state index contributed by atoms with van der Waals surface area (Å²) in [6, 6.07) is 16.2. The Morgan fingerprint density at radius 2 is 1.81 bits per heavy atom. The Kier molecular flexibility index (Phi) is 6.01. The topological polar surface area (TPSA) is 42.0 Å². The van der Waals surface area contributed by atoms with E-state index in [0.29, 0.717) is 11.0 Å². The third-order valence-electron chi connectivity index (χ3n) is 3.90. The molecule has 0 unspecified atom stereocenters. The van der Waals surface area contributed by atoms with E-state index >= 15 is 0 Å². The van der Waals surface area contributed by atoms with Gasteiger partial charge in [-0.25, -0.2) is 4.98 Å². The van der Waals surface area contributed by atoms with Crippen molar-refractivity contribution in [3.8, 4) is 11.3 Å². The molecule has 2 aromatic carbocycles. The summed E-state index contributed by atoms with van der Waals surface area (Å²) >= 11 is 4.82. The molecule has 132 valence electrons. The predicted octanol–water partition coefficient (Wildman–Crippen LogP) is 6.35. The van der Waals surface area contributed by atoms with Gasteiger partial charge in [0.15, 0.2) is 5.13 Å². The fraction of sp³-hybridized carbons (Fsp3) is 0.143. The zero-order chi connectivity index (χ0) is 18.5. The van der Waals surface area contributed by atoms with Gasteiger partial charge in [-0.2, -0.15) is 0 Å². The lowest BCUT2D eigenvalue weighted by Gasteiger charge is -2.05. The van der Waals surface area contributed by atoms with E-state index in [0.717, 1.165) is 21.3 Å². The molecule has 5 heteroatoms. The number of rotatable bonds is 5. The van der Waals surface area contributed by atoms with Crippen molar-refractivity contribution >= 4 is 44.4 Å². The maximum atomic E-state index is 12.1. The highest BCUT2D eigenvalue weighted by atomic mass is 79.9. The summed E-state index contributed by atoms with van der Waals surface area (Å²) < 4.78 is 1.01. The van der Waals surface area contributed by atoms with Crippen molar-refractivity contribution in [1.29, 1.82) is 0 Å². The molecule has 0 saturated heterocycles. The third kappa shape index (κ3) is 4.90. The van der Waals surface area contributed by atoms with Gasteiger partial charge in [-0.1, -0.05) is 66.2 Å². The molecule has 0 saturated carbocycles. The van der Waals surface area contributed by atoms with Crippen molar-refractivity contribution in [2.75, 3.05) is 5.32 Å². The highest BCUT2D eigenvalue weighted by molar-refractivity contribution is 9.10. The van der Waals surface area contributed by atoms with Crippen molar-refractivity contribution in [3.63, 3.8) is 0 Å². The molecule has 1 aromatic heterocycles. The summed E-state index contributed by atoms with van der Waals surface area (Å²) in [4.78, 5) is 16.6. The Morgan fingerprint density at radius 3 is 2.46 bits per heavy atom. The SMILES string of the molecule is CC(C)c1ccc(-c2csc(NC(=O)C=Cc3ccc(Br)cc3)n2)cc1. The fourth-order valence-corrected chi connectivity index (χ4v) is 3.38. The zero-order valence-electron chi connectivity index (χ0n) is 14.6. The van der Waals surface area contributed by atoms with Gasteiger partial charge < -0.3 is 0 Å². The first-order chi connectivity index (χ1) is 12.5. The Labute approximate surface area is 165 Å². The molecular weight excluding hydrogens is 408 g/mol. The summed E-state index contributed by atoms with van der Waals surface area (Å²) in [5.41, 5.74) is 4.19. The van der Waals surface area contributed by atoms with Crippen LogP contribution in [0.1, 0.15) is 30.9 Å². The van der Waals surface area contributed by atoms with Crippen LogP contribution < -0.4 is 5.32 Å². The molecule has 1 heterocycles. The molecule has 26 heavy (non-hydrogen) atoms. The maximum absolute atomic E-state index is 12.1. The molecule has 0 radical (unpaired) electrons. The molecule has 0 aliphatic rings. The second-order valence-electron chi connectivity index (χ2n) is 6.19. The van der Waals surface area contributed by atoms with Gasteiger partial charge in [0.2, 0.25) is 5.91 Å². The lowest BCUT2D eigenvalue weighted by molar-refractivity contribution is -0.111. The summed E-state index contributed by atoms with van der Waals surface area (Å²) in [5.74, 6) is 0.316. The number of amides is 1. The summed E-state index contributed by atoms with van der Waals surface area (Å²) in [6.45, 7) is 4.35. The third-order valence-corrected chi connectivity index (χ3v) is 5.19. The monoisotopic (exact) mass is 426 g/mol. The number of halogens is 1. The van der Waals surface area contributed by atoms with Crippen molar-refractivity contribution in [1.82, 2.24) is 4.98 Å². The lowest BCUT2D eigenvalue weighted by Crippen LogP contribution is -2.07. The number of hydrogen-bond donors (Lipinski definition) is 1. The van der Waals surface area contributed by atoms with Crippen LogP contribution in [0.3, 0.4) is 0 Å². The Morgan fingerprint density at radius 1 is 1.12 bits per heavy atom. The first-order valence-electron chi connectivity index (χ1n) is 8.32. The summed E-state index contributed by atoms with van der Waals surface area (Å²) in [6.07, 6.45) is 3.29. The van der Waals surface area contributed by atoms with Gasteiger partial charge in [0.1, 0.15) is 0 Å². The first kappa shape index (κ1) is 18.5. The highest BCUT2D eigenvalue weighted by Crippen LogP contribution is 2.26. The van der Waals surface area contributed by atoms with E-state index in [2.05, 4.69) is 64.3 Å². The molecule has 1 amide bonds. The van der Waals surface area contributed by atoms with E-state index in [1.54, 1.807) is 6.08 Å². The number of carbonyl (C=O) groups excluding carboxylic acids is 1. The van der Waals surface area contributed by atoms with Crippen LogP contribution in [-0.4, -0.2) is 10.9 Å². The van der Waals surface area contributed by atoms with Gasteiger partial charge in [0, 0.05) is 21.5 Å². The van der Waals surface area contributed by atoms with E-state index in [1.807, 2.05) is 29.6 Å². The molecule has 0 atom stereocenters. The van der Waals surface area contributed by atoms with Gasteiger partial charge in [0.05, 0.1) is 5.69 Å². The van der Waals surface area contributed by atoms with E-state index < -0.39 is 0 Å². The molecule has 0 aliphatic carbocycles. The van der Waals surface area contributed by atoms with Crippen LogP contribution in [0.5, 0.6) is 0 Å². The minimum Gasteiger partial charge on any atom is -0.298 e. The quantitative estimate of drug-likeness (QED) is 0.482. The zero-order valence-corrected chi connectivity index (χ0v) is 17.0. The molecular formula is C21H19BrN2OS. The summed E-state index contributed by atoms with van der Waals surface area (Å²) in [5, 5.41) is 5.37. The van der Waals surface area contributed by atoms with Crippen molar-refractivity contribution in [2.45, 2.75) is 19.8 Å². The van der Waals surface area contributed by atoms with Crippen LogP contribution in [-0.2, 0) is 4.79 Å². The minimum absolute atomic E-state index is 0.191. The van der Waals surface area contributed by atoms with Gasteiger partial charge in [0.25, 0.3) is 0 Å². The standard InChI is InChI=1S/C21H19BrN2OS/c1-14(2)16-6-8-17(9-7-16)19-13-26-21(23-19)24-20(25)12-5-15-3-10-18(22)11-4-15/h3-14H,1-2H3,(H,23,24,25). The predicted molar refractivity (Wildman–Crippen MR) is 113 cm³/mol. The van der Waals surface area contributed by atoms with Crippen LogP contribution in [0.4, 0.5) is 5.13 Å². The van der Waals surface area contributed by atoms with Crippen LogP contribution in [0.2, 0.25) is 0 Å². The number of benzene rings is 2. The van der Waals surface area contributed by atoms with Gasteiger partial charge >= 0.3 is 0 Å². The number of anilines is 1. The maximum Gasteiger partial charge on any atom is 0.250 e. The number of thiazole rings is 1. The average Bonchev–Trinajstić information content (AvgIpc) is 3.10. The van der Waals surface area contributed by atoms with Crippen LogP contribution in [0.15, 0.2) is 64.5 Å². The van der Waals surface area contributed by atoms with Gasteiger partial charge in [-0.05, 0) is 35.3 Å². The Bertz CT molecular complexity index is 912. The molecule has 0 fully saturated rings. The van der Waals surface area contributed by atoms with Gasteiger partial charge in [-0.3, -0.25) is 10.1 Å². The normalized spacial score (nSPS) is 11.2. The van der Waals surface area contributed by atoms with Crippen molar-refractivity contribution in [2.24, 2.45) is 0 Å². The molecule has 0 bridgehead atoms. The smallest absolute Gasteiger partial charge is 0.250 e.